The predicted octanol–water partition coefficient (Wildman–Crippen LogP) is 6.45. The van der Waals surface area contributed by atoms with Gasteiger partial charge in [-0.25, -0.2) is 25.2 Å². The lowest BCUT2D eigenvalue weighted by molar-refractivity contribution is -0.130. The minimum atomic E-state index is -0.702. The summed E-state index contributed by atoms with van der Waals surface area (Å²) in [5, 5.41) is 4.49. The largest absolute Gasteiger partial charge is 0.493 e. The number of aromatic nitrogens is 2. The Kier molecular flexibility index (Phi) is 8.91. The van der Waals surface area contributed by atoms with Crippen LogP contribution in [0.2, 0.25) is 10.0 Å². The molecule has 4 aromatic rings. The van der Waals surface area contributed by atoms with Crippen LogP contribution in [0.5, 0.6) is 17.2 Å². The van der Waals surface area contributed by atoms with E-state index in [1.807, 2.05) is 24.3 Å². The molecule has 10 nitrogen and oxygen atoms in total. The van der Waals surface area contributed by atoms with E-state index in [1.165, 1.54) is 38.1 Å². The number of carbonyl (C=O) groups excluding carboxylic acids is 2. The maximum absolute atomic E-state index is 13.2. The van der Waals surface area contributed by atoms with E-state index in [9.17, 15) is 9.59 Å². The van der Waals surface area contributed by atoms with Crippen molar-refractivity contribution in [1.29, 1.82) is 0 Å². The maximum Gasteiger partial charge on any atom is 0.340 e. The number of thioether (sulfide) groups is 1. The van der Waals surface area contributed by atoms with Gasteiger partial charge >= 0.3 is 6.03 Å². The summed E-state index contributed by atoms with van der Waals surface area (Å²) in [7, 11) is 4.56. The Bertz CT molecular complexity index is 1610. The SMILES string of the molecule is COc1cc(-c2cc(-c3ccc(Cl)cc3)nc(NC(=O)NN3C(=O)CSC3c3ccccc3Cl)n2)cc(OC)c1OC. The van der Waals surface area contributed by atoms with Crippen molar-refractivity contribution in [2.75, 3.05) is 32.4 Å². The second-order valence-corrected chi connectivity index (χ2v) is 10.8. The van der Waals surface area contributed by atoms with E-state index in [0.717, 1.165) is 5.56 Å². The number of carbonyl (C=O) groups is 2. The normalized spacial score (nSPS) is 14.5. The van der Waals surface area contributed by atoms with Crippen LogP contribution in [-0.4, -0.2) is 54.0 Å². The summed E-state index contributed by atoms with van der Waals surface area (Å²) in [6.45, 7) is 0. The molecule has 3 aromatic carbocycles. The summed E-state index contributed by atoms with van der Waals surface area (Å²) in [5.74, 6) is 1.20. The quantitative estimate of drug-likeness (QED) is 0.229. The molecule has 0 saturated carbocycles. The third-order valence-electron chi connectivity index (χ3n) is 6.31. The van der Waals surface area contributed by atoms with E-state index < -0.39 is 11.4 Å². The summed E-state index contributed by atoms with van der Waals surface area (Å²) < 4.78 is 16.5. The van der Waals surface area contributed by atoms with Gasteiger partial charge in [-0.05, 0) is 36.4 Å². The molecular formula is C29H25Cl2N5O5S. The Morgan fingerprint density at radius 1 is 0.905 bits per heavy atom. The van der Waals surface area contributed by atoms with Gasteiger partial charge in [0, 0.05) is 26.7 Å². The van der Waals surface area contributed by atoms with E-state index in [4.69, 9.17) is 37.4 Å². The molecule has 1 saturated heterocycles. The van der Waals surface area contributed by atoms with E-state index in [1.54, 1.807) is 42.5 Å². The van der Waals surface area contributed by atoms with Crippen LogP contribution in [0, 0.1) is 0 Å². The van der Waals surface area contributed by atoms with Crippen LogP contribution in [0.4, 0.5) is 10.7 Å². The van der Waals surface area contributed by atoms with Gasteiger partial charge in [-0.15, -0.1) is 11.8 Å². The molecule has 1 unspecified atom stereocenters. The van der Waals surface area contributed by atoms with Crippen molar-refractivity contribution >= 4 is 52.9 Å². The lowest BCUT2D eigenvalue weighted by Gasteiger charge is -2.25. The summed E-state index contributed by atoms with van der Waals surface area (Å²) in [6, 6.07) is 18.8. The average molecular weight is 627 g/mol. The van der Waals surface area contributed by atoms with Crippen molar-refractivity contribution in [2.45, 2.75) is 5.37 Å². The topological polar surface area (TPSA) is 115 Å². The molecule has 2 heterocycles. The van der Waals surface area contributed by atoms with E-state index in [2.05, 4.69) is 20.7 Å². The van der Waals surface area contributed by atoms with Crippen molar-refractivity contribution in [3.8, 4) is 39.8 Å². The van der Waals surface area contributed by atoms with Crippen LogP contribution in [-0.2, 0) is 4.79 Å². The van der Waals surface area contributed by atoms with E-state index >= 15 is 0 Å². The number of benzene rings is 3. The zero-order valence-corrected chi connectivity index (χ0v) is 25.0. The zero-order valence-electron chi connectivity index (χ0n) is 22.7. The van der Waals surface area contributed by atoms with Crippen molar-refractivity contribution in [3.05, 3.63) is 82.3 Å². The predicted molar refractivity (Wildman–Crippen MR) is 163 cm³/mol. The second kappa shape index (κ2) is 12.8. The first kappa shape index (κ1) is 29.3. The Hall–Kier alpha value is -4.19. The minimum Gasteiger partial charge on any atom is -0.493 e. The maximum atomic E-state index is 13.2. The number of ether oxygens (including phenoxy) is 3. The summed E-state index contributed by atoms with van der Waals surface area (Å²) >= 11 is 13.8. The first-order valence-corrected chi connectivity index (χ1v) is 14.3. The van der Waals surface area contributed by atoms with Gasteiger partial charge in [0.15, 0.2) is 11.5 Å². The van der Waals surface area contributed by atoms with Crippen LogP contribution in [0.1, 0.15) is 10.9 Å². The standard InChI is InChI=1S/C29H25Cl2N5O5S/c1-39-23-12-17(13-24(40-2)26(23)41-3)22-14-21(16-8-10-18(30)11-9-16)32-28(33-22)34-29(38)35-36-25(37)15-42-27(36)19-6-4-5-7-20(19)31/h4-14,27H,15H2,1-3H3,(H2,32,33,34,35,38). The third-order valence-corrected chi connectivity index (χ3v) is 8.10. The molecule has 0 radical (unpaired) electrons. The molecule has 42 heavy (non-hydrogen) atoms. The van der Waals surface area contributed by atoms with Gasteiger partial charge in [-0.2, -0.15) is 0 Å². The van der Waals surface area contributed by atoms with Crippen molar-refractivity contribution in [3.63, 3.8) is 0 Å². The molecule has 1 atom stereocenters. The van der Waals surface area contributed by atoms with Crippen molar-refractivity contribution < 1.29 is 23.8 Å². The first-order chi connectivity index (χ1) is 20.3. The van der Waals surface area contributed by atoms with Gasteiger partial charge in [-0.3, -0.25) is 10.1 Å². The molecular weight excluding hydrogens is 601 g/mol. The first-order valence-electron chi connectivity index (χ1n) is 12.5. The van der Waals surface area contributed by atoms with Crippen LogP contribution in [0.3, 0.4) is 0 Å². The van der Waals surface area contributed by atoms with Gasteiger partial charge in [0.2, 0.25) is 11.7 Å². The molecule has 0 spiro atoms. The number of amides is 3. The fraction of sp³-hybridized carbons (Fsp3) is 0.172. The lowest BCUT2D eigenvalue weighted by Crippen LogP contribution is -2.46. The molecule has 13 heteroatoms. The monoisotopic (exact) mass is 625 g/mol. The smallest absolute Gasteiger partial charge is 0.340 e. The number of rotatable bonds is 8. The molecule has 1 aromatic heterocycles. The Morgan fingerprint density at radius 3 is 2.17 bits per heavy atom. The number of nitrogens with zero attached hydrogens (tertiary/aromatic N) is 3. The number of hydrogen-bond donors (Lipinski definition) is 2. The van der Waals surface area contributed by atoms with E-state index in [0.29, 0.717) is 49.8 Å². The van der Waals surface area contributed by atoms with Crippen LogP contribution < -0.4 is 25.0 Å². The van der Waals surface area contributed by atoms with Crippen LogP contribution in [0.15, 0.2) is 66.7 Å². The van der Waals surface area contributed by atoms with Crippen molar-refractivity contribution in [1.82, 2.24) is 20.4 Å². The van der Waals surface area contributed by atoms with Gasteiger partial charge in [0.1, 0.15) is 5.37 Å². The molecule has 1 aliphatic heterocycles. The zero-order chi connectivity index (χ0) is 29.8. The van der Waals surface area contributed by atoms with Gasteiger partial charge < -0.3 is 14.2 Å². The molecule has 216 valence electrons. The van der Waals surface area contributed by atoms with Gasteiger partial charge in [-0.1, -0.05) is 53.5 Å². The average Bonchev–Trinajstić information content (AvgIpc) is 3.35. The highest BCUT2D eigenvalue weighted by Gasteiger charge is 2.35. The van der Waals surface area contributed by atoms with E-state index in [-0.39, 0.29) is 17.6 Å². The molecule has 1 fully saturated rings. The number of methoxy groups -OCH3 is 3. The van der Waals surface area contributed by atoms with Crippen LogP contribution >= 0.6 is 35.0 Å². The molecule has 0 aliphatic carbocycles. The summed E-state index contributed by atoms with van der Waals surface area (Å²) in [4.78, 5) is 35.0. The molecule has 0 bridgehead atoms. The molecule has 5 rings (SSSR count). The Labute approximate surface area is 256 Å². The van der Waals surface area contributed by atoms with Crippen LogP contribution in [0.25, 0.3) is 22.5 Å². The summed E-state index contributed by atoms with van der Waals surface area (Å²) in [5.41, 5.74) is 5.68. The Morgan fingerprint density at radius 2 is 1.55 bits per heavy atom. The molecule has 3 amide bonds. The highest BCUT2D eigenvalue weighted by molar-refractivity contribution is 8.00. The Balaban J connectivity index is 1.49. The molecule has 2 N–H and O–H groups in total. The number of nitrogens with one attached hydrogen (secondary N) is 2. The fourth-order valence-corrected chi connectivity index (χ4v) is 5.91. The molecule has 1 aliphatic rings. The second-order valence-electron chi connectivity index (χ2n) is 8.90. The third kappa shape index (κ3) is 6.18. The lowest BCUT2D eigenvalue weighted by atomic mass is 10.1. The number of hydrazine groups is 1. The number of halogens is 2. The highest BCUT2D eigenvalue weighted by Crippen LogP contribution is 2.42. The minimum absolute atomic E-state index is 0.00251. The fourth-order valence-electron chi connectivity index (χ4n) is 4.34. The van der Waals surface area contributed by atoms with Crippen molar-refractivity contribution in [2.24, 2.45) is 0 Å². The summed E-state index contributed by atoms with van der Waals surface area (Å²) in [6.07, 6.45) is 0. The number of hydrogen-bond acceptors (Lipinski definition) is 8. The van der Waals surface area contributed by atoms with Gasteiger partial charge in [0.05, 0.1) is 38.5 Å². The highest BCUT2D eigenvalue weighted by atomic mass is 35.5. The number of anilines is 1. The van der Waals surface area contributed by atoms with Gasteiger partial charge in [0.25, 0.3) is 5.91 Å². The number of urea groups is 1.